The van der Waals surface area contributed by atoms with E-state index in [1.165, 1.54) is 25.7 Å². The largest absolute Gasteiger partial charge is 0.389 e. The van der Waals surface area contributed by atoms with Crippen molar-refractivity contribution in [2.45, 2.75) is 31.8 Å². The first kappa shape index (κ1) is 14.8. The summed E-state index contributed by atoms with van der Waals surface area (Å²) < 4.78 is 5.81. The zero-order chi connectivity index (χ0) is 13.9. The van der Waals surface area contributed by atoms with Gasteiger partial charge in [-0.15, -0.1) is 0 Å². The first-order chi connectivity index (χ1) is 9.70. The molecule has 0 aromatic carbocycles. The molecule has 3 aliphatic rings. The molecule has 4 heteroatoms. The van der Waals surface area contributed by atoms with Crippen LogP contribution >= 0.6 is 0 Å². The lowest BCUT2D eigenvalue weighted by atomic mass is 9.90. The van der Waals surface area contributed by atoms with Crippen molar-refractivity contribution in [2.75, 3.05) is 53.0 Å². The maximum Gasteiger partial charge on any atom is 0.0900 e. The Morgan fingerprint density at radius 2 is 1.95 bits per heavy atom. The Morgan fingerprint density at radius 1 is 1.15 bits per heavy atom. The number of rotatable bonds is 6. The second kappa shape index (κ2) is 6.73. The summed E-state index contributed by atoms with van der Waals surface area (Å²) >= 11 is 0. The standard InChI is InChI=1S/C16H30N2O2/c1-17-4-6-18(7-5-17)10-16(19)12-20-11-15-9-13-2-3-14(15)8-13/h13-16,19H,2-12H2,1H3/t13-,14-,15+,16+/m0/s1. The second-order valence-corrected chi connectivity index (χ2v) is 7.23. The highest BCUT2D eigenvalue weighted by Gasteiger charge is 2.39. The highest BCUT2D eigenvalue weighted by molar-refractivity contribution is 4.89. The molecule has 0 spiro atoms. The van der Waals surface area contributed by atoms with E-state index in [2.05, 4.69) is 16.8 Å². The molecule has 20 heavy (non-hydrogen) atoms. The van der Waals surface area contributed by atoms with Gasteiger partial charge in [-0.1, -0.05) is 6.42 Å². The number of hydrogen-bond donors (Lipinski definition) is 1. The number of aliphatic hydroxyl groups is 1. The summed E-state index contributed by atoms with van der Waals surface area (Å²) in [5.74, 6) is 2.70. The van der Waals surface area contributed by atoms with Crippen LogP contribution in [-0.4, -0.2) is 74.0 Å². The quantitative estimate of drug-likeness (QED) is 0.790. The van der Waals surface area contributed by atoms with E-state index in [0.717, 1.165) is 57.1 Å². The second-order valence-electron chi connectivity index (χ2n) is 7.23. The third-order valence-electron chi connectivity index (χ3n) is 5.59. The minimum atomic E-state index is -0.322. The van der Waals surface area contributed by atoms with E-state index < -0.39 is 0 Å². The van der Waals surface area contributed by atoms with Crippen molar-refractivity contribution in [3.8, 4) is 0 Å². The average Bonchev–Trinajstić information content (AvgIpc) is 3.04. The van der Waals surface area contributed by atoms with Crippen molar-refractivity contribution in [1.82, 2.24) is 9.80 Å². The van der Waals surface area contributed by atoms with E-state index in [4.69, 9.17) is 4.74 Å². The molecule has 1 N–H and O–H groups in total. The van der Waals surface area contributed by atoms with Crippen LogP contribution in [0.3, 0.4) is 0 Å². The van der Waals surface area contributed by atoms with E-state index >= 15 is 0 Å². The van der Waals surface area contributed by atoms with Crippen LogP contribution in [0.4, 0.5) is 0 Å². The Balaban J connectivity index is 1.28. The van der Waals surface area contributed by atoms with Gasteiger partial charge in [-0.3, -0.25) is 4.90 Å². The third kappa shape index (κ3) is 3.73. The summed E-state index contributed by atoms with van der Waals surface area (Å²) in [5, 5.41) is 10.1. The SMILES string of the molecule is CN1CCN(C[C@@H](O)COC[C@H]2C[C@H]3CC[C@H]2C3)CC1. The number of hydrogen-bond acceptors (Lipinski definition) is 4. The Bertz CT molecular complexity index is 305. The lowest BCUT2D eigenvalue weighted by Gasteiger charge is -2.33. The lowest BCUT2D eigenvalue weighted by molar-refractivity contribution is -0.00742. The molecule has 0 amide bonds. The molecular weight excluding hydrogens is 252 g/mol. The van der Waals surface area contributed by atoms with E-state index in [1.54, 1.807) is 0 Å². The van der Waals surface area contributed by atoms with Gasteiger partial charge in [0.1, 0.15) is 0 Å². The van der Waals surface area contributed by atoms with Crippen LogP contribution in [0, 0.1) is 17.8 Å². The van der Waals surface area contributed by atoms with E-state index in [1.807, 2.05) is 0 Å². The fourth-order valence-corrected chi connectivity index (χ4v) is 4.32. The van der Waals surface area contributed by atoms with Crippen molar-refractivity contribution in [1.29, 1.82) is 0 Å². The minimum absolute atomic E-state index is 0.322. The van der Waals surface area contributed by atoms with Crippen LogP contribution in [0.15, 0.2) is 0 Å². The Hall–Kier alpha value is -0.160. The molecule has 2 aliphatic carbocycles. The van der Waals surface area contributed by atoms with Crippen molar-refractivity contribution < 1.29 is 9.84 Å². The Labute approximate surface area is 123 Å². The van der Waals surface area contributed by atoms with Gasteiger partial charge in [0.15, 0.2) is 0 Å². The summed E-state index contributed by atoms with van der Waals surface area (Å²) in [6.07, 6.45) is 5.37. The van der Waals surface area contributed by atoms with E-state index in [0.29, 0.717) is 6.61 Å². The fraction of sp³-hybridized carbons (Fsp3) is 1.00. The van der Waals surface area contributed by atoms with E-state index in [-0.39, 0.29) is 6.10 Å². The number of aliphatic hydroxyl groups excluding tert-OH is 1. The predicted octanol–water partition coefficient (Wildman–Crippen LogP) is 1.05. The van der Waals surface area contributed by atoms with Crippen LogP contribution < -0.4 is 0 Å². The number of fused-ring (bicyclic) bond motifs is 2. The normalized spacial score (nSPS) is 36.6. The first-order valence-corrected chi connectivity index (χ1v) is 8.37. The third-order valence-corrected chi connectivity index (χ3v) is 5.59. The smallest absolute Gasteiger partial charge is 0.0900 e. The molecule has 2 bridgehead atoms. The number of nitrogens with zero attached hydrogens (tertiary/aromatic N) is 2. The molecule has 116 valence electrons. The van der Waals surface area contributed by atoms with Gasteiger partial charge in [0.25, 0.3) is 0 Å². The lowest BCUT2D eigenvalue weighted by Crippen LogP contribution is -2.47. The van der Waals surface area contributed by atoms with Crippen molar-refractivity contribution in [2.24, 2.45) is 17.8 Å². The van der Waals surface area contributed by atoms with Crippen LogP contribution in [0.5, 0.6) is 0 Å². The molecule has 0 unspecified atom stereocenters. The van der Waals surface area contributed by atoms with Crippen LogP contribution in [0.25, 0.3) is 0 Å². The Kier molecular flexibility index (Phi) is 4.97. The summed E-state index contributed by atoms with van der Waals surface area (Å²) in [6, 6.07) is 0. The summed E-state index contributed by atoms with van der Waals surface area (Å²) in [5.41, 5.74) is 0. The first-order valence-electron chi connectivity index (χ1n) is 8.37. The Morgan fingerprint density at radius 3 is 2.60 bits per heavy atom. The molecule has 0 aromatic heterocycles. The monoisotopic (exact) mass is 282 g/mol. The number of ether oxygens (including phenoxy) is 1. The maximum absolute atomic E-state index is 10.1. The molecule has 1 saturated heterocycles. The molecule has 0 aromatic rings. The van der Waals surface area contributed by atoms with Gasteiger partial charge in [-0.05, 0) is 44.1 Å². The van der Waals surface area contributed by atoms with Gasteiger partial charge in [0, 0.05) is 39.3 Å². The predicted molar refractivity (Wildman–Crippen MR) is 79.7 cm³/mol. The maximum atomic E-state index is 10.1. The molecule has 4 nitrogen and oxygen atoms in total. The van der Waals surface area contributed by atoms with Crippen molar-refractivity contribution in [3.63, 3.8) is 0 Å². The highest BCUT2D eigenvalue weighted by Crippen LogP contribution is 2.48. The van der Waals surface area contributed by atoms with Crippen LogP contribution in [-0.2, 0) is 4.74 Å². The molecule has 3 fully saturated rings. The van der Waals surface area contributed by atoms with Crippen LogP contribution in [0.1, 0.15) is 25.7 Å². The van der Waals surface area contributed by atoms with Crippen LogP contribution in [0.2, 0.25) is 0 Å². The summed E-state index contributed by atoms with van der Waals surface area (Å²) in [6.45, 7) is 6.52. The topological polar surface area (TPSA) is 35.9 Å². The van der Waals surface area contributed by atoms with Gasteiger partial charge in [0.2, 0.25) is 0 Å². The van der Waals surface area contributed by atoms with Gasteiger partial charge >= 0.3 is 0 Å². The molecular formula is C16H30N2O2. The molecule has 3 rings (SSSR count). The molecule has 2 saturated carbocycles. The molecule has 1 heterocycles. The minimum Gasteiger partial charge on any atom is -0.389 e. The zero-order valence-electron chi connectivity index (χ0n) is 12.8. The van der Waals surface area contributed by atoms with Gasteiger partial charge < -0.3 is 14.7 Å². The van der Waals surface area contributed by atoms with E-state index in [9.17, 15) is 5.11 Å². The molecule has 4 atom stereocenters. The number of β-amino-alcohol motifs (C(OH)–C–C–N with tert-alkyl or cyclic N) is 1. The highest BCUT2D eigenvalue weighted by atomic mass is 16.5. The number of piperazine rings is 1. The molecule has 1 aliphatic heterocycles. The summed E-state index contributed by atoms with van der Waals surface area (Å²) in [4.78, 5) is 4.69. The zero-order valence-corrected chi connectivity index (χ0v) is 12.8. The number of likely N-dealkylation sites (N-methyl/N-ethyl adjacent to an activating group) is 1. The van der Waals surface area contributed by atoms with Gasteiger partial charge in [-0.25, -0.2) is 0 Å². The fourth-order valence-electron chi connectivity index (χ4n) is 4.32. The van der Waals surface area contributed by atoms with Gasteiger partial charge in [-0.2, -0.15) is 0 Å². The van der Waals surface area contributed by atoms with Gasteiger partial charge in [0.05, 0.1) is 12.7 Å². The molecule has 0 radical (unpaired) electrons. The van der Waals surface area contributed by atoms with Crippen molar-refractivity contribution in [3.05, 3.63) is 0 Å². The van der Waals surface area contributed by atoms with Crippen molar-refractivity contribution >= 4 is 0 Å². The summed E-state index contributed by atoms with van der Waals surface area (Å²) in [7, 11) is 2.16. The average molecular weight is 282 g/mol.